The fraction of sp³-hybridized carbons (Fsp3) is 0.0625. The molecule has 8 nitrogen and oxygen atoms in total. The third kappa shape index (κ3) is 3.35. The number of aromatic nitrogens is 2. The van der Waals surface area contributed by atoms with E-state index in [4.69, 9.17) is 19.7 Å². The Balaban J connectivity index is 2.00. The van der Waals surface area contributed by atoms with Gasteiger partial charge in [0, 0.05) is 11.6 Å². The molecule has 126 valence electrons. The van der Waals surface area contributed by atoms with Crippen molar-refractivity contribution in [3.05, 3.63) is 48.0 Å². The lowest BCUT2D eigenvalue weighted by Crippen LogP contribution is -2.12. The minimum absolute atomic E-state index is 0.0797. The van der Waals surface area contributed by atoms with Crippen LogP contribution in [0.15, 0.2) is 51.9 Å². The van der Waals surface area contributed by atoms with Crippen molar-refractivity contribution in [2.24, 2.45) is 5.14 Å². The number of benzene rings is 2. The highest BCUT2D eigenvalue weighted by Crippen LogP contribution is 2.31. The van der Waals surface area contributed by atoms with E-state index in [-0.39, 0.29) is 22.4 Å². The summed E-state index contributed by atoms with van der Waals surface area (Å²) in [5.41, 5.74) is 1.63. The number of rotatable bonds is 4. The lowest BCUT2D eigenvalue weighted by Gasteiger charge is -2.06. The van der Waals surface area contributed by atoms with E-state index in [1.807, 2.05) is 6.07 Å². The van der Waals surface area contributed by atoms with Crippen molar-refractivity contribution < 1.29 is 17.7 Å². The molecule has 0 saturated carbocycles. The first-order valence-corrected chi connectivity index (χ1v) is 8.52. The van der Waals surface area contributed by atoms with E-state index in [1.54, 1.807) is 24.3 Å². The monoisotopic (exact) mass is 356 g/mol. The summed E-state index contributed by atoms with van der Waals surface area (Å²) in [5, 5.41) is 17.8. The molecule has 9 heteroatoms. The summed E-state index contributed by atoms with van der Waals surface area (Å²) in [6.07, 6.45) is 0. The second kappa shape index (κ2) is 6.35. The topological polar surface area (TPSA) is 132 Å². The van der Waals surface area contributed by atoms with E-state index in [0.29, 0.717) is 16.7 Å². The van der Waals surface area contributed by atoms with Gasteiger partial charge in [0.15, 0.2) is 0 Å². The van der Waals surface area contributed by atoms with Gasteiger partial charge in [-0.05, 0) is 36.4 Å². The standard InChI is InChI=1S/C16H12N4O4S/c1-23-14-8-12(25(18,21)22)6-7-13(14)15-19-16(24-20-15)11-4-2-10(9-17)3-5-11/h2-8H,1H3,(H2,18,21,22). The number of nitriles is 1. The van der Waals surface area contributed by atoms with Crippen LogP contribution in [0.2, 0.25) is 0 Å². The Morgan fingerprint density at radius 3 is 2.52 bits per heavy atom. The number of ether oxygens (including phenoxy) is 1. The van der Waals surface area contributed by atoms with Crippen molar-refractivity contribution in [2.45, 2.75) is 4.90 Å². The predicted molar refractivity (Wildman–Crippen MR) is 87.8 cm³/mol. The van der Waals surface area contributed by atoms with E-state index in [1.165, 1.54) is 25.3 Å². The average Bonchev–Trinajstić information content (AvgIpc) is 3.10. The van der Waals surface area contributed by atoms with E-state index in [0.717, 1.165) is 0 Å². The number of primary sulfonamides is 1. The number of nitrogens with zero attached hydrogens (tertiary/aromatic N) is 3. The van der Waals surface area contributed by atoms with Gasteiger partial charge in [-0.15, -0.1) is 0 Å². The highest BCUT2D eigenvalue weighted by atomic mass is 32.2. The van der Waals surface area contributed by atoms with Crippen molar-refractivity contribution in [2.75, 3.05) is 7.11 Å². The van der Waals surface area contributed by atoms with Crippen molar-refractivity contribution in [1.29, 1.82) is 5.26 Å². The van der Waals surface area contributed by atoms with Crippen LogP contribution in [0, 0.1) is 11.3 Å². The molecule has 2 aromatic carbocycles. The molecule has 1 aromatic heterocycles. The second-order valence-corrected chi connectivity index (χ2v) is 6.58. The van der Waals surface area contributed by atoms with Gasteiger partial charge in [0.1, 0.15) is 5.75 Å². The Bertz CT molecular complexity index is 1070. The first-order chi connectivity index (χ1) is 11.9. The van der Waals surface area contributed by atoms with Gasteiger partial charge in [0.25, 0.3) is 5.89 Å². The van der Waals surface area contributed by atoms with Crippen molar-refractivity contribution in [3.8, 4) is 34.7 Å². The van der Waals surface area contributed by atoms with Crippen LogP contribution in [0.1, 0.15) is 5.56 Å². The molecule has 0 aliphatic carbocycles. The summed E-state index contributed by atoms with van der Waals surface area (Å²) in [6.45, 7) is 0. The summed E-state index contributed by atoms with van der Waals surface area (Å²) in [5.74, 6) is 0.743. The minimum atomic E-state index is -3.85. The molecule has 0 bridgehead atoms. The van der Waals surface area contributed by atoms with Crippen LogP contribution in [0.4, 0.5) is 0 Å². The van der Waals surface area contributed by atoms with Crippen LogP contribution in [0.5, 0.6) is 5.75 Å². The minimum Gasteiger partial charge on any atom is -0.496 e. The molecule has 3 aromatic rings. The maximum Gasteiger partial charge on any atom is 0.258 e. The van der Waals surface area contributed by atoms with Crippen LogP contribution < -0.4 is 9.88 Å². The van der Waals surface area contributed by atoms with Gasteiger partial charge >= 0.3 is 0 Å². The highest BCUT2D eigenvalue weighted by molar-refractivity contribution is 7.89. The molecule has 0 saturated heterocycles. The summed E-state index contributed by atoms with van der Waals surface area (Å²) in [6, 6.07) is 12.8. The number of methoxy groups -OCH3 is 1. The molecule has 0 amide bonds. The molecule has 0 radical (unpaired) electrons. The fourth-order valence-electron chi connectivity index (χ4n) is 2.17. The van der Waals surface area contributed by atoms with Crippen molar-refractivity contribution >= 4 is 10.0 Å². The average molecular weight is 356 g/mol. The molecule has 3 rings (SSSR count). The van der Waals surface area contributed by atoms with E-state index >= 15 is 0 Å². The normalized spacial score (nSPS) is 11.1. The third-order valence-electron chi connectivity index (χ3n) is 3.43. The lowest BCUT2D eigenvalue weighted by atomic mass is 10.1. The second-order valence-electron chi connectivity index (χ2n) is 5.02. The van der Waals surface area contributed by atoms with Gasteiger partial charge < -0.3 is 9.26 Å². The SMILES string of the molecule is COc1cc(S(N)(=O)=O)ccc1-c1noc(-c2ccc(C#N)cc2)n1. The molecule has 0 atom stereocenters. The predicted octanol–water partition coefficient (Wildman–Crippen LogP) is 1.93. The summed E-state index contributed by atoms with van der Waals surface area (Å²) in [4.78, 5) is 4.21. The summed E-state index contributed by atoms with van der Waals surface area (Å²) >= 11 is 0. The highest BCUT2D eigenvalue weighted by Gasteiger charge is 2.17. The van der Waals surface area contributed by atoms with Crippen LogP contribution >= 0.6 is 0 Å². The maximum absolute atomic E-state index is 11.4. The number of hydrogen-bond acceptors (Lipinski definition) is 7. The van der Waals surface area contributed by atoms with Gasteiger partial charge in [0.05, 0.1) is 29.2 Å². The molecule has 0 fully saturated rings. The molecular weight excluding hydrogens is 344 g/mol. The molecular formula is C16H12N4O4S. The third-order valence-corrected chi connectivity index (χ3v) is 4.34. The van der Waals surface area contributed by atoms with Crippen LogP contribution in [-0.4, -0.2) is 25.7 Å². The zero-order chi connectivity index (χ0) is 18.0. The Morgan fingerprint density at radius 1 is 1.20 bits per heavy atom. The number of sulfonamides is 1. The van der Waals surface area contributed by atoms with E-state index in [9.17, 15) is 8.42 Å². The summed E-state index contributed by atoms with van der Waals surface area (Å²) in [7, 11) is -2.45. The van der Waals surface area contributed by atoms with Crippen molar-refractivity contribution in [1.82, 2.24) is 10.1 Å². The van der Waals surface area contributed by atoms with Crippen LogP contribution in [-0.2, 0) is 10.0 Å². The zero-order valence-corrected chi connectivity index (χ0v) is 13.8. The first-order valence-electron chi connectivity index (χ1n) is 6.98. The molecule has 0 spiro atoms. The molecule has 0 aliphatic heterocycles. The van der Waals surface area contributed by atoms with Gasteiger partial charge in [-0.3, -0.25) is 0 Å². The number of hydrogen-bond donors (Lipinski definition) is 1. The quantitative estimate of drug-likeness (QED) is 0.755. The van der Waals surface area contributed by atoms with Gasteiger partial charge in [-0.1, -0.05) is 5.16 Å². The molecule has 1 heterocycles. The van der Waals surface area contributed by atoms with E-state index in [2.05, 4.69) is 10.1 Å². The van der Waals surface area contributed by atoms with Gasteiger partial charge in [-0.2, -0.15) is 10.2 Å². The van der Waals surface area contributed by atoms with Crippen LogP contribution in [0.3, 0.4) is 0 Å². The van der Waals surface area contributed by atoms with Gasteiger partial charge in [0.2, 0.25) is 15.8 Å². The molecule has 2 N–H and O–H groups in total. The number of nitrogens with two attached hydrogens (primary N) is 1. The van der Waals surface area contributed by atoms with Crippen molar-refractivity contribution in [3.63, 3.8) is 0 Å². The zero-order valence-electron chi connectivity index (χ0n) is 13.0. The Hall–Kier alpha value is -3.22. The Kier molecular flexibility index (Phi) is 4.22. The Morgan fingerprint density at radius 2 is 1.92 bits per heavy atom. The van der Waals surface area contributed by atoms with Crippen LogP contribution in [0.25, 0.3) is 22.8 Å². The summed E-state index contributed by atoms with van der Waals surface area (Å²) < 4.78 is 33.3. The van der Waals surface area contributed by atoms with E-state index < -0.39 is 10.0 Å². The maximum atomic E-state index is 11.4. The molecule has 0 aliphatic rings. The fourth-order valence-corrected chi connectivity index (χ4v) is 2.70. The largest absolute Gasteiger partial charge is 0.496 e. The molecule has 0 unspecified atom stereocenters. The lowest BCUT2D eigenvalue weighted by molar-refractivity contribution is 0.412. The first kappa shape index (κ1) is 16.6. The smallest absolute Gasteiger partial charge is 0.258 e. The molecule has 25 heavy (non-hydrogen) atoms. The Labute approximate surface area is 143 Å². The van der Waals surface area contributed by atoms with Gasteiger partial charge in [-0.25, -0.2) is 13.6 Å².